The van der Waals surface area contributed by atoms with E-state index >= 15 is 0 Å². The van der Waals surface area contributed by atoms with Crippen molar-refractivity contribution >= 4 is 0 Å². The Balaban J connectivity index is 2.44. The van der Waals surface area contributed by atoms with Crippen LogP contribution in [0.5, 0.6) is 11.5 Å². The highest BCUT2D eigenvalue weighted by Crippen LogP contribution is 2.30. The minimum absolute atomic E-state index is 0.186. The first kappa shape index (κ1) is 14.2. The van der Waals surface area contributed by atoms with Gasteiger partial charge in [0.1, 0.15) is 5.75 Å². The molecule has 0 bridgehead atoms. The molecule has 0 radical (unpaired) electrons. The lowest BCUT2D eigenvalue weighted by Gasteiger charge is -2.19. The third-order valence-corrected chi connectivity index (χ3v) is 3.02. The molecule has 0 aliphatic heterocycles. The van der Waals surface area contributed by atoms with Crippen molar-refractivity contribution in [1.29, 1.82) is 0 Å². The molecule has 1 heterocycles. The average molecular weight is 277 g/mol. The lowest BCUT2D eigenvalue weighted by molar-refractivity contribution is 0.385. The number of pyridine rings is 1. The molecule has 0 aliphatic carbocycles. The van der Waals surface area contributed by atoms with Crippen LogP contribution in [-0.4, -0.2) is 19.2 Å². The smallest absolute Gasteiger partial charge is 0.165 e. The van der Waals surface area contributed by atoms with Gasteiger partial charge in [0.25, 0.3) is 0 Å². The van der Waals surface area contributed by atoms with Gasteiger partial charge in [0, 0.05) is 11.8 Å². The van der Waals surface area contributed by atoms with E-state index in [-0.39, 0.29) is 5.75 Å². The van der Waals surface area contributed by atoms with E-state index in [0.717, 1.165) is 5.56 Å². The van der Waals surface area contributed by atoms with E-state index < -0.39 is 11.9 Å². The van der Waals surface area contributed by atoms with Crippen LogP contribution in [0.15, 0.2) is 36.7 Å². The molecule has 1 atom stereocenters. The lowest BCUT2D eigenvalue weighted by atomic mass is 9.99. The van der Waals surface area contributed by atoms with Crippen molar-refractivity contribution in [3.8, 4) is 11.5 Å². The first-order chi connectivity index (χ1) is 9.71. The number of aromatic nitrogens is 1. The Bertz CT molecular complexity index is 592. The summed E-state index contributed by atoms with van der Waals surface area (Å²) in [6.07, 6.45) is 3.21. The average Bonchev–Trinajstić information content (AvgIpc) is 2.49. The van der Waals surface area contributed by atoms with Crippen molar-refractivity contribution in [3.63, 3.8) is 0 Å². The number of halogens is 1. The van der Waals surface area contributed by atoms with Gasteiger partial charge in [-0.15, -0.1) is 0 Å². The maximum absolute atomic E-state index is 13.8. The van der Waals surface area contributed by atoms with E-state index in [4.69, 9.17) is 15.3 Å². The maximum atomic E-state index is 13.8. The number of hydrogen-bond acceptors (Lipinski definition) is 5. The molecule has 1 aromatic heterocycles. The van der Waals surface area contributed by atoms with Crippen LogP contribution in [0.4, 0.5) is 4.39 Å². The Morgan fingerprint density at radius 1 is 1.20 bits per heavy atom. The van der Waals surface area contributed by atoms with Gasteiger partial charge in [-0.3, -0.25) is 10.8 Å². The molecular weight excluding hydrogens is 261 g/mol. The number of rotatable bonds is 5. The summed E-state index contributed by atoms with van der Waals surface area (Å²) in [5.74, 6) is 5.92. The first-order valence-corrected chi connectivity index (χ1v) is 5.98. The molecule has 0 spiro atoms. The topological polar surface area (TPSA) is 69.4 Å². The molecule has 1 unspecified atom stereocenters. The third-order valence-electron chi connectivity index (χ3n) is 3.02. The summed E-state index contributed by atoms with van der Waals surface area (Å²) in [5.41, 5.74) is 4.09. The van der Waals surface area contributed by atoms with Crippen molar-refractivity contribution in [1.82, 2.24) is 10.4 Å². The fraction of sp³-hybridized carbons (Fsp3) is 0.214. The van der Waals surface area contributed by atoms with Crippen LogP contribution in [-0.2, 0) is 0 Å². The zero-order valence-corrected chi connectivity index (χ0v) is 11.3. The van der Waals surface area contributed by atoms with Crippen molar-refractivity contribution in [3.05, 3.63) is 53.6 Å². The van der Waals surface area contributed by atoms with Gasteiger partial charge in [-0.25, -0.2) is 9.82 Å². The van der Waals surface area contributed by atoms with Gasteiger partial charge in [-0.2, -0.15) is 0 Å². The minimum Gasteiger partial charge on any atom is -0.495 e. The van der Waals surface area contributed by atoms with Gasteiger partial charge < -0.3 is 9.47 Å². The molecule has 3 N–H and O–H groups in total. The van der Waals surface area contributed by atoms with Crippen LogP contribution in [0.3, 0.4) is 0 Å². The summed E-state index contributed by atoms with van der Waals surface area (Å²) in [6, 6.07) is 6.04. The summed E-state index contributed by atoms with van der Waals surface area (Å²) < 4.78 is 24.0. The monoisotopic (exact) mass is 277 g/mol. The number of benzene rings is 1. The van der Waals surface area contributed by atoms with Gasteiger partial charge in [0.05, 0.1) is 26.5 Å². The molecule has 20 heavy (non-hydrogen) atoms. The highest BCUT2D eigenvalue weighted by atomic mass is 19.1. The predicted molar refractivity (Wildman–Crippen MR) is 72.9 cm³/mol. The number of nitrogens with zero attached hydrogens (tertiary/aromatic N) is 1. The SMILES string of the molecule is COc1ccc(C(NN)c2ccncc2OC)cc1F. The summed E-state index contributed by atoms with van der Waals surface area (Å²) in [7, 11) is 2.96. The normalized spacial score (nSPS) is 12.0. The Morgan fingerprint density at radius 2 is 1.95 bits per heavy atom. The molecule has 1 aromatic carbocycles. The second kappa shape index (κ2) is 6.31. The van der Waals surface area contributed by atoms with Crippen LogP contribution < -0.4 is 20.7 Å². The van der Waals surface area contributed by atoms with E-state index in [1.165, 1.54) is 13.2 Å². The number of nitrogens with two attached hydrogens (primary N) is 1. The second-order valence-corrected chi connectivity index (χ2v) is 4.11. The molecule has 106 valence electrons. The Hall–Kier alpha value is -2.18. The first-order valence-electron chi connectivity index (χ1n) is 5.98. The molecule has 6 heteroatoms. The summed E-state index contributed by atoms with van der Waals surface area (Å²) in [5, 5.41) is 0. The highest BCUT2D eigenvalue weighted by molar-refractivity contribution is 5.41. The maximum Gasteiger partial charge on any atom is 0.165 e. The number of hydrogen-bond donors (Lipinski definition) is 2. The molecular formula is C14H16FN3O2. The lowest BCUT2D eigenvalue weighted by Crippen LogP contribution is -2.29. The van der Waals surface area contributed by atoms with E-state index in [1.807, 2.05) is 0 Å². The predicted octanol–water partition coefficient (Wildman–Crippen LogP) is 1.79. The summed E-state index contributed by atoms with van der Waals surface area (Å²) >= 11 is 0. The highest BCUT2D eigenvalue weighted by Gasteiger charge is 2.18. The van der Waals surface area contributed by atoms with Crippen molar-refractivity contribution in [2.75, 3.05) is 14.2 Å². The number of hydrazine groups is 1. The van der Waals surface area contributed by atoms with E-state index in [2.05, 4.69) is 10.4 Å². The largest absolute Gasteiger partial charge is 0.495 e. The molecule has 0 fully saturated rings. The summed E-state index contributed by atoms with van der Waals surface area (Å²) in [6.45, 7) is 0. The van der Waals surface area contributed by atoms with Crippen molar-refractivity contribution < 1.29 is 13.9 Å². The van der Waals surface area contributed by atoms with Gasteiger partial charge in [0.2, 0.25) is 0 Å². The molecule has 0 saturated heterocycles. The number of methoxy groups -OCH3 is 2. The van der Waals surface area contributed by atoms with E-state index in [0.29, 0.717) is 11.3 Å². The number of ether oxygens (including phenoxy) is 2. The molecule has 0 saturated carbocycles. The van der Waals surface area contributed by atoms with Gasteiger partial charge >= 0.3 is 0 Å². The Morgan fingerprint density at radius 3 is 2.55 bits per heavy atom. The third kappa shape index (κ3) is 2.71. The zero-order valence-electron chi connectivity index (χ0n) is 11.3. The standard InChI is InChI=1S/C14H16FN3O2/c1-19-12-4-3-9(7-11(12)15)14(18-16)10-5-6-17-8-13(10)20-2/h3-8,14,18H,16H2,1-2H3. The van der Waals surface area contributed by atoms with E-state index in [9.17, 15) is 4.39 Å². The molecule has 0 amide bonds. The molecule has 0 aliphatic rings. The van der Waals surface area contributed by atoms with Crippen LogP contribution in [0.2, 0.25) is 0 Å². The quantitative estimate of drug-likeness (QED) is 0.644. The van der Waals surface area contributed by atoms with Gasteiger partial charge in [0.15, 0.2) is 11.6 Å². The van der Waals surface area contributed by atoms with Crippen LogP contribution in [0.1, 0.15) is 17.2 Å². The second-order valence-electron chi connectivity index (χ2n) is 4.11. The zero-order chi connectivity index (χ0) is 14.5. The van der Waals surface area contributed by atoms with Gasteiger partial charge in [-0.1, -0.05) is 6.07 Å². The number of nitrogens with one attached hydrogen (secondary N) is 1. The van der Waals surface area contributed by atoms with E-state index in [1.54, 1.807) is 37.7 Å². The molecule has 2 rings (SSSR count). The van der Waals surface area contributed by atoms with Crippen molar-refractivity contribution in [2.45, 2.75) is 6.04 Å². The summed E-state index contributed by atoms with van der Waals surface area (Å²) in [4.78, 5) is 3.98. The fourth-order valence-corrected chi connectivity index (χ4v) is 2.03. The Kier molecular flexibility index (Phi) is 4.49. The minimum atomic E-state index is -0.446. The van der Waals surface area contributed by atoms with Crippen molar-refractivity contribution in [2.24, 2.45) is 5.84 Å². The fourth-order valence-electron chi connectivity index (χ4n) is 2.03. The Labute approximate surface area is 116 Å². The van der Waals surface area contributed by atoms with Crippen LogP contribution in [0.25, 0.3) is 0 Å². The molecule has 5 nitrogen and oxygen atoms in total. The van der Waals surface area contributed by atoms with Gasteiger partial charge in [-0.05, 0) is 23.8 Å². The molecule has 2 aromatic rings. The van der Waals surface area contributed by atoms with Crippen LogP contribution >= 0.6 is 0 Å². The van der Waals surface area contributed by atoms with Crippen LogP contribution in [0, 0.1) is 5.82 Å².